The number of hydrogen-bond acceptors (Lipinski definition) is 5. The normalized spacial score (nSPS) is 14.0. The molecule has 0 aliphatic carbocycles. The molecule has 4 rings (SSSR count). The minimum absolute atomic E-state index is 0.124. The summed E-state index contributed by atoms with van der Waals surface area (Å²) in [6.45, 7) is 9.23. The molecule has 0 spiro atoms. The molecule has 1 aromatic heterocycles. The number of thiazole rings is 1. The Bertz CT molecular complexity index is 978. The molecule has 2 heterocycles. The summed E-state index contributed by atoms with van der Waals surface area (Å²) >= 11 is 1.74. The van der Waals surface area contributed by atoms with E-state index in [1.165, 1.54) is 10.4 Å². The molecule has 1 aliphatic rings. The van der Waals surface area contributed by atoms with E-state index in [4.69, 9.17) is 4.98 Å². The zero-order valence-electron chi connectivity index (χ0n) is 17.6. The third kappa shape index (κ3) is 4.55. The zero-order valence-corrected chi connectivity index (χ0v) is 18.4. The number of aromatic nitrogens is 1. The molecule has 156 valence electrons. The van der Waals surface area contributed by atoms with E-state index < -0.39 is 0 Å². The average Bonchev–Trinajstić information content (AvgIpc) is 3.20. The van der Waals surface area contributed by atoms with E-state index in [1.807, 2.05) is 23.1 Å². The Labute approximate surface area is 182 Å². The molecule has 0 unspecified atom stereocenters. The molecular formula is C24H28N4OS. The second kappa shape index (κ2) is 9.41. The fourth-order valence-electron chi connectivity index (χ4n) is 3.72. The van der Waals surface area contributed by atoms with Crippen LogP contribution in [0.2, 0.25) is 0 Å². The molecule has 0 radical (unpaired) electrons. The van der Waals surface area contributed by atoms with Crippen molar-refractivity contribution in [3.8, 4) is 11.3 Å². The van der Waals surface area contributed by atoms with Crippen LogP contribution in [-0.4, -0.2) is 48.5 Å². The maximum atomic E-state index is 12.7. The SMILES string of the molecule is CCN(Cc1ccc(C(=O)N2CCNCC2)cc1)c1nc(-c2ccccc2)c(C)s1. The first-order chi connectivity index (χ1) is 14.7. The second-order valence-electron chi connectivity index (χ2n) is 7.52. The third-order valence-corrected chi connectivity index (χ3v) is 6.49. The molecule has 1 aliphatic heterocycles. The van der Waals surface area contributed by atoms with Crippen molar-refractivity contribution >= 4 is 22.4 Å². The highest BCUT2D eigenvalue weighted by Gasteiger charge is 2.18. The van der Waals surface area contributed by atoms with E-state index in [9.17, 15) is 4.79 Å². The van der Waals surface area contributed by atoms with Crippen LogP contribution in [0.3, 0.4) is 0 Å². The number of nitrogens with zero attached hydrogens (tertiary/aromatic N) is 3. The van der Waals surface area contributed by atoms with Gasteiger partial charge in [0.2, 0.25) is 0 Å². The smallest absolute Gasteiger partial charge is 0.253 e. The van der Waals surface area contributed by atoms with E-state index in [2.05, 4.69) is 60.5 Å². The lowest BCUT2D eigenvalue weighted by molar-refractivity contribution is 0.0736. The lowest BCUT2D eigenvalue weighted by atomic mass is 10.1. The Kier molecular flexibility index (Phi) is 6.45. The molecule has 1 N–H and O–H groups in total. The fourth-order valence-corrected chi connectivity index (χ4v) is 4.71. The van der Waals surface area contributed by atoms with Crippen LogP contribution in [0, 0.1) is 6.92 Å². The number of aryl methyl sites for hydroxylation is 1. The summed E-state index contributed by atoms with van der Waals surface area (Å²) in [5.74, 6) is 0.124. The number of carbonyl (C=O) groups excluding carboxylic acids is 1. The maximum absolute atomic E-state index is 12.7. The maximum Gasteiger partial charge on any atom is 0.253 e. The molecule has 6 heteroatoms. The molecule has 5 nitrogen and oxygen atoms in total. The Morgan fingerprint density at radius 1 is 1.10 bits per heavy atom. The third-order valence-electron chi connectivity index (χ3n) is 5.46. The van der Waals surface area contributed by atoms with Gasteiger partial charge in [-0.25, -0.2) is 4.98 Å². The van der Waals surface area contributed by atoms with Crippen LogP contribution in [0.25, 0.3) is 11.3 Å². The Hall–Kier alpha value is -2.70. The molecule has 0 saturated carbocycles. The van der Waals surface area contributed by atoms with Crippen LogP contribution in [0.4, 0.5) is 5.13 Å². The molecule has 1 amide bonds. The van der Waals surface area contributed by atoms with Gasteiger partial charge in [0.25, 0.3) is 5.91 Å². The predicted octanol–water partition coefficient (Wildman–Crippen LogP) is 4.19. The average molecular weight is 421 g/mol. The highest BCUT2D eigenvalue weighted by molar-refractivity contribution is 7.16. The van der Waals surface area contributed by atoms with Gasteiger partial charge in [-0.05, 0) is 31.5 Å². The summed E-state index contributed by atoms with van der Waals surface area (Å²) in [6, 6.07) is 18.4. The summed E-state index contributed by atoms with van der Waals surface area (Å²) in [7, 11) is 0. The number of amides is 1. The highest BCUT2D eigenvalue weighted by Crippen LogP contribution is 2.33. The number of nitrogens with one attached hydrogen (secondary N) is 1. The number of rotatable bonds is 6. The number of hydrogen-bond donors (Lipinski definition) is 1. The van der Waals surface area contributed by atoms with E-state index in [1.54, 1.807) is 11.3 Å². The fraction of sp³-hybridized carbons (Fsp3) is 0.333. The zero-order chi connectivity index (χ0) is 20.9. The van der Waals surface area contributed by atoms with Crippen LogP contribution in [0.5, 0.6) is 0 Å². The number of benzene rings is 2. The Morgan fingerprint density at radius 2 is 1.80 bits per heavy atom. The quantitative estimate of drug-likeness (QED) is 0.650. The minimum atomic E-state index is 0.124. The largest absolute Gasteiger partial charge is 0.344 e. The van der Waals surface area contributed by atoms with Crippen molar-refractivity contribution in [1.29, 1.82) is 0 Å². The topological polar surface area (TPSA) is 48.5 Å². The van der Waals surface area contributed by atoms with Crippen molar-refractivity contribution in [2.24, 2.45) is 0 Å². The molecular weight excluding hydrogens is 392 g/mol. The van der Waals surface area contributed by atoms with E-state index in [-0.39, 0.29) is 5.91 Å². The van der Waals surface area contributed by atoms with Crippen LogP contribution in [0.15, 0.2) is 54.6 Å². The summed E-state index contributed by atoms with van der Waals surface area (Å²) in [5.41, 5.74) is 4.17. The lowest BCUT2D eigenvalue weighted by Gasteiger charge is -2.27. The van der Waals surface area contributed by atoms with Gasteiger partial charge < -0.3 is 15.1 Å². The van der Waals surface area contributed by atoms with E-state index in [0.29, 0.717) is 0 Å². The molecule has 0 bridgehead atoms. The predicted molar refractivity (Wildman–Crippen MR) is 124 cm³/mol. The highest BCUT2D eigenvalue weighted by atomic mass is 32.1. The molecule has 3 aromatic rings. The summed E-state index contributed by atoms with van der Waals surface area (Å²) in [6.07, 6.45) is 0. The van der Waals surface area contributed by atoms with Gasteiger partial charge in [-0.3, -0.25) is 4.79 Å². The van der Waals surface area contributed by atoms with Crippen molar-refractivity contribution in [2.75, 3.05) is 37.6 Å². The minimum Gasteiger partial charge on any atom is -0.344 e. The molecule has 0 atom stereocenters. The van der Waals surface area contributed by atoms with Gasteiger partial charge in [-0.15, -0.1) is 11.3 Å². The van der Waals surface area contributed by atoms with E-state index in [0.717, 1.165) is 61.2 Å². The standard InChI is InChI=1S/C24H28N4OS/c1-3-27(24-26-22(18(2)30-24)20-7-5-4-6-8-20)17-19-9-11-21(12-10-19)23(29)28-15-13-25-14-16-28/h4-12,25H,3,13-17H2,1-2H3. The van der Waals surface area contributed by atoms with Crippen LogP contribution in [-0.2, 0) is 6.54 Å². The molecule has 1 saturated heterocycles. The van der Waals surface area contributed by atoms with Crippen molar-refractivity contribution in [1.82, 2.24) is 15.2 Å². The number of piperazine rings is 1. The van der Waals surface area contributed by atoms with E-state index >= 15 is 0 Å². The Morgan fingerprint density at radius 3 is 2.47 bits per heavy atom. The van der Waals surface area contributed by atoms with Gasteiger partial charge in [-0.2, -0.15) is 0 Å². The second-order valence-corrected chi connectivity index (χ2v) is 8.70. The van der Waals surface area contributed by atoms with Gasteiger partial charge in [0, 0.05) is 55.3 Å². The van der Waals surface area contributed by atoms with Crippen LogP contribution < -0.4 is 10.2 Å². The van der Waals surface area contributed by atoms with Gasteiger partial charge in [0.05, 0.1) is 5.69 Å². The van der Waals surface area contributed by atoms with Gasteiger partial charge in [-0.1, -0.05) is 42.5 Å². The monoisotopic (exact) mass is 420 g/mol. The van der Waals surface area contributed by atoms with Gasteiger partial charge in [0.15, 0.2) is 5.13 Å². The Balaban J connectivity index is 1.47. The van der Waals surface area contributed by atoms with Gasteiger partial charge in [0.1, 0.15) is 0 Å². The van der Waals surface area contributed by atoms with Gasteiger partial charge >= 0.3 is 0 Å². The summed E-state index contributed by atoms with van der Waals surface area (Å²) in [5, 5.41) is 4.32. The first-order valence-corrected chi connectivity index (χ1v) is 11.3. The van der Waals surface area contributed by atoms with Crippen LogP contribution in [0.1, 0.15) is 27.7 Å². The molecule has 30 heavy (non-hydrogen) atoms. The first-order valence-electron chi connectivity index (χ1n) is 10.5. The number of carbonyl (C=O) groups is 1. The lowest BCUT2D eigenvalue weighted by Crippen LogP contribution is -2.46. The summed E-state index contributed by atoms with van der Waals surface area (Å²) in [4.78, 5) is 23.0. The summed E-state index contributed by atoms with van der Waals surface area (Å²) < 4.78 is 0. The van der Waals surface area contributed by atoms with Crippen molar-refractivity contribution in [2.45, 2.75) is 20.4 Å². The number of anilines is 1. The van der Waals surface area contributed by atoms with Crippen molar-refractivity contribution in [3.63, 3.8) is 0 Å². The van der Waals surface area contributed by atoms with Crippen molar-refractivity contribution < 1.29 is 4.79 Å². The van der Waals surface area contributed by atoms with Crippen LogP contribution >= 0.6 is 11.3 Å². The van der Waals surface area contributed by atoms with Crippen molar-refractivity contribution in [3.05, 3.63) is 70.6 Å². The molecule has 2 aromatic carbocycles. The first kappa shape index (κ1) is 20.6. The molecule has 1 fully saturated rings.